The Bertz CT molecular complexity index is 482. The SMILES string of the molecule is Nc1nc(=O)n(C2C[S+]([O-])C(CO)O2)cc1F. The second-order valence-electron chi connectivity index (χ2n) is 3.41. The van der Waals surface area contributed by atoms with Gasteiger partial charge in [0, 0.05) is 0 Å². The summed E-state index contributed by atoms with van der Waals surface area (Å²) in [5.74, 6) is -1.36. The highest BCUT2D eigenvalue weighted by atomic mass is 32.2. The first-order chi connectivity index (χ1) is 8.02. The number of nitrogens with two attached hydrogens (primary N) is 1. The lowest BCUT2D eigenvalue weighted by Gasteiger charge is -2.10. The summed E-state index contributed by atoms with van der Waals surface area (Å²) < 4.78 is 30.6. The van der Waals surface area contributed by atoms with Crippen molar-refractivity contribution in [3.05, 3.63) is 22.5 Å². The molecule has 7 nitrogen and oxygen atoms in total. The van der Waals surface area contributed by atoms with Crippen LogP contribution in [0.1, 0.15) is 6.23 Å². The van der Waals surface area contributed by atoms with Crippen LogP contribution in [0.4, 0.5) is 10.2 Å². The molecule has 1 fully saturated rings. The van der Waals surface area contributed by atoms with Crippen molar-refractivity contribution in [2.45, 2.75) is 11.7 Å². The van der Waals surface area contributed by atoms with Crippen LogP contribution < -0.4 is 11.4 Å². The molecule has 1 aliphatic heterocycles. The number of hydrogen-bond donors (Lipinski definition) is 2. The van der Waals surface area contributed by atoms with Gasteiger partial charge < -0.3 is 20.1 Å². The molecule has 0 aromatic carbocycles. The fourth-order valence-electron chi connectivity index (χ4n) is 1.46. The summed E-state index contributed by atoms with van der Waals surface area (Å²) in [6.45, 7) is -0.428. The summed E-state index contributed by atoms with van der Waals surface area (Å²) in [7, 11) is 0. The molecule has 0 saturated carbocycles. The monoisotopic (exact) mass is 263 g/mol. The number of nitrogens with zero attached hydrogens (tertiary/aromatic N) is 2. The minimum absolute atomic E-state index is 0.00380. The quantitative estimate of drug-likeness (QED) is 0.632. The Morgan fingerprint density at radius 1 is 1.82 bits per heavy atom. The summed E-state index contributed by atoms with van der Waals surface area (Å²) in [5, 5.41) is 8.85. The average Bonchev–Trinajstić information content (AvgIpc) is 2.65. The molecule has 0 bridgehead atoms. The van der Waals surface area contributed by atoms with Crippen LogP contribution in [-0.2, 0) is 15.9 Å². The zero-order valence-electron chi connectivity index (χ0n) is 8.58. The van der Waals surface area contributed by atoms with Crippen molar-refractivity contribution < 1.29 is 18.8 Å². The van der Waals surface area contributed by atoms with E-state index < -0.39 is 46.8 Å². The molecule has 3 unspecified atom stereocenters. The van der Waals surface area contributed by atoms with Crippen LogP contribution in [0, 0.1) is 5.82 Å². The lowest BCUT2D eigenvalue weighted by atomic mass is 10.5. The van der Waals surface area contributed by atoms with Crippen molar-refractivity contribution in [2.24, 2.45) is 0 Å². The number of aliphatic hydroxyl groups is 1. The van der Waals surface area contributed by atoms with Crippen LogP contribution in [0.3, 0.4) is 0 Å². The van der Waals surface area contributed by atoms with E-state index in [4.69, 9.17) is 15.6 Å². The number of aromatic nitrogens is 2. The first-order valence-electron chi connectivity index (χ1n) is 4.70. The van der Waals surface area contributed by atoms with E-state index in [1.54, 1.807) is 0 Å². The molecule has 0 spiro atoms. The molecule has 1 aromatic heterocycles. The minimum Gasteiger partial charge on any atom is -0.614 e. The van der Waals surface area contributed by atoms with Gasteiger partial charge in [-0.05, 0) is 11.2 Å². The molecule has 3 N–H and O–H groups in total. The molecule has 3 atom stereocenters. The summed E-state index contributed by atoms with van der Waals surface area (Å²) in [6, 6.07) is 0. The van der Waals surface area contributed by atoms with Crippen molar-refractivity contribution >= 4 is 17.0 Å². The van der Waals surface area contributed by atoms with Gasteiger partial charge in [-0.25, -0.2) is 9.18 Å². The van der Waals surface area contributed by atoms with E-state index in [-0.39, 0.29) is 5.75 Å². The predicted molar refractivity (Wildman–Crippen MR) is 56.9 cm³/mol. The van der Waals surface area contributed by atoms with Crippen LogP contribution in [-0.4, -0.2) is 37.0 Å². The highest BCUT2D eigenvalue weighted by Gasteiger charge is 2.39. The zero-order valence-corrected chi connectivity index (χ0v) is 9.39. The van der Waals surface area contributed by atoms with E-state index in [0.29, 0.717) is 0 Å². The molecule has 2 heterocycles. The molecular formula is C8H10FN3O4S. The first-order valence-corrected chi connectivity index (χ1v) is 6.08. The second-order valence-corrected chi connectivity index (χ2v) is 5.03. The van der Waals surface area contributed by atoms with E-state index in [1.807, 2.05) is 0 Å². The smallest absolute Gasteiger partial charge is 0.351 e. The largest absolute Gasteiger partial charge is 0.614 e. The van der Waals surface area contributed by atoms with Crippen molar-refractivity contribution in [2.75, 3.05) is 18.1 Å². The second kappa shape index (κ2) is 4.61. The van der Waals surface area contributed by atoms with Gasteiger partial charge in [0.15, 0.2) is 23.6 Å². The molecule has 1 aliphatic rings. The normalized spacial score (nSPS) is 28.5. The van der Waals surface area contributed by atoms with Crippen LogP contribution >= 0.6 is 0 Å². The van der Waals surface area contributed by atoms with Crippen molar-refractivity contribution in [3.8, 4) is 0 Å². The number of anilines is 1. The van der Waals surface area contributed by atoms with Gasteiger partial charge in [-0.3, -0.25) is 4.57 Å². The van der Waals surface area contributed by atoms with Gasteiger partial charge in [0.2, 0.25) is 5.44 Å². The highest BCUT2D eigenvalue weighted by molar-refractivity contribution is 7.92. The standard InChI is InChI=1S/C8H10FN3O4S/c9-4-1-12(8(14)11-7(4)10)5-3-17(15)6(2-13)16-5/h1,5-6,13H,2-3H2,(H2,10,11,14). The maximum absolute atomic E-state index is 13.2. The maximum Gasteiger partial charge on any atom is 0.351 e. The van der Waals surface area contributed by atoms with E-state index in [0.717, 1.165) is 10.8 Å². The number of ether oxygens (including phenoxy) is 1. The van der Waals surface area contributed by atoms with E-state index in [9.17, 15) is 13.7 Å². The van der Waals surface area contributed by atoms with Crippen LogP contribution in [0.25, 0.3) is 0 Å². The Labute approximate surface area is 98.2 Å². The molecule has 1 saturated heterocycles. The number of hydrogen-bond acceptors (Lipinski definition) is 6. The van der Waals surface area contributed by atoms with Gasteiger partial charge in [-0.1, -0.05) is 0 Å². The summed E-state index contributed by atoms with van der Waals surface area (Å²) in [5.41, 5.74) is 3.47. The Morgan fingerprint density at radius 3 is 3.12 bits per heavy atom. The first kappa shape index (κ1) is 12.3. The maximum atomic E-state index is 13.2. The third-order valence-electron chi connectivity index (χ3n) is 2.30. The van der Waals surface area contributed by atoms with Crippen molar-refractivity contribution in [1.82, 2.24) is 9.55 Å². The third kappa shape index (κ3) is 2.27. The van der Waals surface area contributed by atoms with E-state index in [1.165, 1.54) is 0 Å². The fourth-order valence-corrected chi connectivity index (χ4v) is 2.61. The van der Waals surface area contributed by atoms with Crippen LogP contribution in [0.2, 0.25) is 0 Å². The molecule has 0 aliphatic carbocycles. The van der Waals surface area contributed by atoms with Gasteiger partial charge in [-0.15, -0.1) is 0 Å². The fraction of sp³-hybridized carbons (Fsp3) is 0.500. The molecule has 0 radical (unpaired) electrons. The number of aliphatic hydroxyl groups excluding tert-OH is 1. The van der Waals surface area contributed by atoms with Crippen LogP contribution in [0.5, 0.6) is 0 Å². The number of rotatable bonds is 2. The highest BCUT2D eigenvalue weighted by Crippen LogP contribution is 2.25. The van der Waals surface area contributed by atoms with E-state index >= 15 is 0 Å². The summed E-state index contributed by atoms with van der Waals surface area (Å²) in [6.07, 6.45) is -0.0465. The molecule has 17 heavy (non-hydrogen) atoms. The van der Waals surface area contributed by atoms with Gasteiger partial charge in [0.25, 0.3) is 0 Å². The number of halogens is 1. The lowest BCUT2D eigenvalue weighted by Crippen LogP contribution is -2.29. The predicted octanol–water partition coefficient (Wildman–Crippen LogP) is -1.44. The lowest BCUT2D eigenvalue weighted by molar-refractivity contribution is -0.00819. The molecule has 94 valence electrons. The Kier molecular flexibility index (Phi) is 3.33. The van der Waals surface area contributed by atoms with Crippen LogP contribution in [0.15, 0.2) is 11.0 Å². The van der Waals surface area contributed by atoms with Gasteiger partial charge in [-0.2, -0.15) is 4.98 Å². The van der Waals surface area contributed by atoms with Crippen molar-refractivity contribution in [1.29, 1.82) is 0 Å². The molecule has 1 aromatic rings. The van der Waals surface area contributed by atoms with E-state index in [2.05, 4.69) is 4.98 Å². The van der Waals surface area contributed by atoms with Gasteiger partial charge in [0.05, 0.1) is 6.20 Å². The Morgan fingerprint density at radius 2 is 2.53 bits per heavy atom. The Hall–Kier alpha value is -1.16. The summed E-state index contributed by atoms with van der Waals surface area (Å²) >= 11 is -1.42. The summed E-state index contributed by atoms with van der Waals surface area (Å²) in [4.78, 5) is 14.7. The molecular weight excluding hydrogens is 253 g/mol. The Balaban J connectivity index is 2.30. The minimum atomic E-state index is -1.42. The number of nitrogen functional groups attached to an aromatic ring is 1. The third-order valence-corrected chi connectivity index (χ3v) is 3.76. The molecule has 0 amide bonds. The average molecular weight is 263 g/mol. The van der Waals surface area contributed by atoms with Crippen molar-refractivity contribution in [3.63, 3.8) is 0 Å². The molecule has 9 heteroatoms. The van der Waals surface area contributed by atoms with Gasteiger partial charge in [0.1, 0.15) is 6.61 Å². The topological polar surface area (TPSA) is 113 Å². The molecule has 2 rings (SSSR count). The van der Waals surface area contributed by atoms with Gasteiger partial charge >= 0.3 is 5.69 Å². The zero-order chi connectivity index (χ0) is 12.6.